The summed E-state index contributed by atoms with van der Waals surface area (Å²) in [6.45, 7) is 1.85. The molecule has 4 nitrogen and oxygen atoms in total. The van der Waals surface area contributed by atoms with Gasteiger partial charge in [-0.15, -0.1) is 0 Å². The molecular formula is C11H10FNO3. The number of phenols is 1. The van der Waals surface area contributed by atoms with E-state index >= 15 is 0 Å². The van der Waals surface area contributed by atoms with E-state index < -0.39 is 17.5 Å². The Labute approximate surface area is 91.9 Å². The molecule has 0 saturated carbocycles. The molecule has 0 unspecified atom stereocenters. The van der Waals surface area contributed by atoms with E-state index in [2.05, 4.69) is 4.74 Å². The van der Waals surface area contributed by atoms with Crippen molar-refractivity contribution >= 4 is 5.97 Å². The van der Waals surface area contributed by atoms with E-state index in [4.69, 9.17) is 5.26 Å². The van der Waals surface area contributed by atoms with Crippen molar-refractivity contribution in [3.63, 3.8) is 0 Å². The van der Waals surface area contributed by atoms with Crippen LogP contribution in [0.25, 0.3) is 0 Å². The van der Waals surface area contributed by atoms with Crippen LogP contribution in [-0.2, 0) is 16.0 Å². The first-order valence-electron chi connectivity index (χ1n) is 4.66. The van der Waals surface area contributed by atoms with Crippen LogP contribution < -0.4 is 0 Å². The minimum atomic E-state index is -0.952. The highest BCUT2D eigenvalue weighted by Gasteiger charge is 2.15. The number of phenolic OH excluding ortho intramolecular Hbond substituents is 1. The van der Waals surface area contributed by atoms with Crippen molar-refractivity contribution < 1.29 is 19.0 Å². The van der Waals surface area contributed by atoms with Gasteiger partial charge in [0.1, 0.15) is 6.07 Å². The van der Waals surface area contributed by atoms with Gasteiger partial charge >= 0.3 is 5.97 Å². The number of benzene rings is 1. The Hall–Kier alpha value is -2.09. The molecule has 0 aliphatic heterocycles. The van der Waals surface area contributed by atoms with Gasteiger partial charge in [-0.05, 0) is 13.0 Å². The highest BCUT2D eigenvalue weighted by atomic mass is 19.1. The molecule has 1 aromatic carbocycles. The molecule has 0 radical (unpaired) electrons. The molecule has 0 spiro atoms. The summed E-state index contributed by atoms with van der Waals surface area (Å²) in [5, 5.41) is 17.8. The molecule has 0 atom stereocenters. The summed E-state index contributed by atoms with van der Waals surface area (Å²) in [6, 6.07) is 4.17. The predicted molar refractivity (Wildman–Crippen MR) is 53.1 cm³/mol. The summed E-state index contributed by atoms with van der Waals surface area (Å²) in [7, 11) is 0. The van der Waals surface area contributed by atoms with Gasteiger partial charge < -0.3 is 9.84 Å². The average molecular weight is 223 g/mol. The largest absolute Gasteiger partial charge is 0.504 e. The van der Waals surface area contributed by atoms with Gasteiger partial charge in [0, 0.05) is 5.56 Å². The van der Waals surface area contributed by atoms with Crippen molar-refractivity contribution in [3.05, 3.63) is 29.1 Å². The Bertz CT molecular complexity index is 451. The lowest BCUT2D eigenvalue weighted by molar-refractivity contribution is -0.142. The summed E-state index contributed by atoms with van der Waals surface area (Å²) in [4.78, 5) is 11.1. The minimum Gasteiger partial charge on any atom is -0.504 e. The maximum atomic E-state index is 13.4. The van der Waals surface area contributed by atoms with Gasteiger partial charge in [0.15, 0.2) is 11.6 Å². The number of aromatic hydroxyl groups is 1. The number of rotatable bonds is 3. The molecule has 84 valence electrons. The standard InChI is InChI=1S/C11H10FNO3/c1-2-16-9(14)5-7-3-4-8(6-13)11(15)10(7)12/h3-4,15H,2,5H2,1H3. The van der Waals surface area contributed by atoms with Crippen molar-refractivity contribution in [2.24, 2.45) is 0 Å². The first kappa shape index (κ1) is 12.0. The van der Waals surface area contributed by atoms with E-state index in [-0.39, 0.29) is 24.2 Å². The lowest BCUT2D eigenvalue weighted by Crippen LogP contribution is -2.09. The number of esters is 1. The number of carbonyl (C=O) groups is 1. The third-order valence-electron chi connectivity index (χ3n) is 1.96. The highest BCUT2D eigenvalue weighted by molar-refractivity contribution is 5.73. The van der Waals surface area contributed by atoms with Gasteiger partial charge in [0.2, 0.25) is 0 Å². The van der Waals surface area contributed by atoms with Gasteiger partial charge in [0.05, 0.1) is 18.6 Å². The molecule has 0 aliphatic carbocycles. The van der Waals surface area contributed by atoms with Gasteiger partial charge in [0.25, 0.3) is 0 Å². The molecule has 1 N–H and O–H groups in total. The molecule has 16 heavy (non-hydrogen) atoms. The van der Waals surface area contributed by atoms with E-state index in [0.29, 0.717) is 0 Å². The van der Waals surface area contributed by atoms with E-state index in [1.165, 1.54) is 12.1 Å². The van der Waals surface area contributed by atoms with E-state index in [0.717, 1.165) is 0 Å². The molecule has 1 rings (SSSR count). The summed E-state index contributed by atoms with van der Waals surface area (Å²) in [5.41, 5.74) is -0.153. The topological polar surface area (TPSA) is 70.3 Å². The summed E-state index contributed by atoms with van der Waals surface area (Å²) in [6.07, 6.45) is -0.265. The fourth-order valence-electron chi connectivity index (χ4n) is 1.20. The first-order valence-corrected chi connectivity index (χ1v) is 4.66. The molecule has 0 saturated heterocycles. The summed E-state index contributed by atoms with van der Waals surface area (Å²) < 4.78 is 18.1. The second-order valence-electron chi connectivity index (χ2n) is 3.03. The average Bonchev–Trinajstić information content (AvgIpc) is 2.25. The molecular weight excluding hydrogens is 213 g/mol. The number of ether oxygens (including phenoxy) is 1. The van der Waals surface area contributed by atoms with Crippen molar-refractivity contribution in [2.45, 2.75) is 13.3 Å². The normalized spacial score (nSPS) is 9.56. The van der Waals surface area contributed by atoms with Crippen LogP contribution in [0.2, 0.25) is 0 Å². The maximum absolute atomic E-state index is 13.4. The Morgan fingerprint density at radius 3 is 2.88 bits per heavy atom. The lowest BCUT2D eigenvalue weighted by atomic mass is 10.1. The number of hydrogen-bond donors (Lipinski definition) is 1. The van der Waals surface area contributed by atoms with Crippen molar-refractivity contribution in [3.8, 4) is 11.8 Å². The summed E-state index contributed by atoms with van der Waals surface area (Å²) >= 11 is 0. The predicted octanol–water partition coefficient (Wildman–Crippen LogP) is 1.51. The Kier molecular flexibility index (Phi) is 3.84. The number of hydrogen-bond acceptors (Lipinski definition) is 4. The zero-order valence-electron chi connectivity index (χ0n) is 8.66. The second kappa shape index (κ2) is 5.12. The van der Waals surface area contributed by atoms with Crippen LogP contribution in [-0.4, -0.2) is 17.7 Å². The first-order chi connectivity index (χ1) is 7.60. The highest BCUT2D eigenvalue weighted by Crippen LogP contribution is 2.24. The van der Waals surface area contributed by atoms with Crippen LogP contribution in [0.5, 0.6) is 5.75 Å². The fourth-order valence-corrected chi connectivity index (χ4v) is 1.20. The molecule has 0 fully saturated rings. The zero-order chi connectivity index (χ0) is 12.1. The van der Waals surface area contributed by atoms with Gasteiger partial charge in [-0.25, -0.2) is 4.39 Å². The summed E-state index contributed by atoms with van der Waals surface area (Å²) in [5.74, 6) is -2.26. The third-order valence-corrected chi connectivity index (χ3v) is 1.96. The van der Waals surface area contributed by atoms with Crippen LogP contribution in [0.3, 0.4) is 0 Å². The maximum Gasteiger partial charge on any atom is 0.310 e. The fraction of sp³-hybridized carbons (Fsp3) is 0.273. The number of halogens is 1. The molecule has 1 aromatic rings. The zero-order valence-corrected chi connectivity index (χ0v) is 8.66. The van der Waals surface area contributed by atoms with Crippen LogP contribution in [0.1, 0.15) is 18.1 Å². The lowest BCUT2D eigenvalue weighted by Gasteiger charge is -2.05. The number of carbonyl (C=O) groups excluding carboxylic acids is 1. The quantitative estimate of drug-likeness (QED) is 0.788. The molecule has 5 heteroatoms. The van der Waals surface area contributed by atoms with E-state index in [9.17, 15) is 14.3 Å². The SMILES string of the molecule is CCOC(=O)Cc1ccc(C#N)c(O)c1F. The van der Waals surface area contributed by atoms with Crippen LogP contribution in [0.15, 0.2) is 12.1 Å². The van der Waals surface area contributed by atoms with Gasteiger partial charge in [-0.3, -0.25) is 4.79 Å². The molecule has 0 amide bonds. The number of nitrogens with zero attached hydrogens (tertiary/aromatic N) is 1. The Balaban J connectivity index is 2.96. The molecule has 0 aliphatic rings. The third kappa shape index (κ3) is 2.48. The second-order valence-corrected chi connectivity index (χ2v) is 3.03. The molecule has 0 aromatic heterocycles. The molecule has 0 bridgehead atoms. The van der Waals surface area contributed by atoms with Crippen LogP contribution in [0.4, 0.5) is 4.39 Å². The molecule has 0 heterocycles. The van der Waals surface area contributed by atoms with Gasteiger partial charge in [-0.1, -0.05) is 6.07 Å². The van der Waals surface area contributed by atoms with E-state index in [1.54, 1.807) is 13.0 Å². The number of nitriles is 1. The monoisotopic (exact) mass is 223 g/mol. The van der Waals surface area contributed by atoms with Crippen LogP contribution >= 0.6 is 0 Å². The smallest absolute Gasteiger partial charge is 0.310 e. The van der Waals surface area contributed by atoms with Gasteiger partial charge in [-0.2, -0.15) is 5.26 Å². The Morgan fingerprint density at radius 2 is 2.31 bits per heavy atom. The van der Waals surface area contributed by atoms with Crippen molar-refractivity contribution in [1.82, 2.24) is 0 Å². The van der Waals surface area contributed by atoms with Crippen molar-refractivity contribution in [1.29, 1.82) is 5.26 Å². The van der Waals surface area contributed by atoms with Crippen LogP contribution in [0, 0.1) is 17.1 Å². The Morgan fingerprint density at radius 1 is 1.62 bits per heavy atom. The van der Waals surface area contributed by atoms with Crippen molar-refractivity contribution in [2.75, 3.05) is 6.61 Å². The van der Waals surface area contributed by atoms with E-state index in [1.807, 2.05) is 0 Å². The minimum absolute atomic E-state index is 0.00921.